The third kappa shape index (κ3) is 1.64. The fourth-order valence-corrected chi connectivity index (χ4v) is 2.04. The smallest absolute Gasteiger partial charge is 0.123 e. The minimum Gasteiger partial charge on any atom is -0.507 e. The number of nitrogens with zero attached hydrogens (tertiary/aromatic N) is 1. The third-order valence-corrected chi connectivity index (χ3v) is 2.84. The van der Waals surface area contributed by atoms with Gasteiger partial charge in [-0.05, 0) is 23.6 Å². The van der Waals surface area contributed by atoms with E-state index in [-0.39, 0.29) is 0 Å². The van der Waals surface area contributed by atoms with Crippen LogP contribution in [0.4, 0.5) is 0 Å². The molecule has 0 spiro atoms. The molecule has 0 aliphatic rings. The largest absolute Gasteiger partial charge is 0.507 e. The highest BCUT2D eigenvalue weighted by Crippen LogP contribution is 2.31. The Morgan fingerprint density at radius 3 is 2.41 bits per heavy atom. The van der Waals surface area contributed by atoms with Crippen molar-refractivity contribution in [2.45, 2.75) is 0 Å². The minimum atomic E-state index is 0.306. The van der Waals surface area contributed by atoms with Gasteiger partial charge in [0.2, 0.25) is 0 Å². The Labute approximate surface area is 99.2 Å². The predicted octanol–water partition coefficient (Wildman–Crippen LogP) is 3.61. The van der Waals surface area contributed by atoms with E-state index in [1.54, 1.807) is 12.3 Å². The molecule has 17 heavy (non-hydrogen) atoms. The number of phenols is 1. The molecule has 0 fully saturated rings. The second kappa shape index (κ2) is 3.91. The van der Waals surface area contributed by atoms with Crippen LogP contribution in [0.25, 0.3) is 22.0 Å². The summed E-state index contributed by atoms with van der Waals surface area (Å²) in [4.78, 5) is 4.35. The van der Waals surface area contributed by atoms with Crippen molar-refractivity contribution in [1.82, 2.24) is 4.98 Å². The van der Waals surface area contributed by atoms with Crippen LogP contribution < -0.4 is 0 Å². The van der Waals surface area contributed by atoms with Gasteiger partial charge in [-0.25, -0.2) is 0 Å². The molecule has 2 aromatic carbocycles. The summed E-state index contributed by atoms with van der Waals surface area (Å²) in [6.07, 6.45) is 1.77. The number of pyridine rings is 1. The Hall–Kier alpha value is -2.35. The molecular weight excluding hydrogens is 210 g/mol. The van der Waals surface area contributed by atoms with Crippen LogP contribution in [0.3, 0.4) is 0 Å². The third-order valence-electron chi connectivity index (χ3n) is 2.84. The van der Waals surface area contributed by atoms with Gasteiger partial charge in [0.1, 0.15) is 5.75 Å². The number of hydrogen-bond donors (Lipinski definition) is 1. The Morgan fingerprint density at radius 2 is 1.59 bits per heavy atom. The van der Waals surface area contributed by atoms with Crippen LogP contribution in [0.1, 0.15) is 0 Å². The van der Waals surface area contributed by atoms with Gasteiger partial charge in [0.05, 0.1) is 5.69 Å². The fraction of sp³-hybridized carbons (Fsp3) is 0. The molecule has 2 heteroatoms. The maximum Gasteiger partial charge on any atom is 0.123 e. The van der Waals surface area contributed by atoms with Crippen molar-refractivity contribution in [3.63, 3.8) is 0 Å². The molecule has 0 amide bonds. The van der Waals surface area contributed by atoms with Gasteiger partial charge in [0.15, 0.2) is 0 Å². The van der Waals surface area contributed by atoms with Crippen molar-refractivity contribution in [3.8, 4) is 17.0 Å². The second-order valence-corrected chi connectivity index (χ2v) is 3.89. The van der Waals surface area contributed by atoms with Crippen LogP contribution in [-0.2, 0) is 0 Å². The van der Waals surface area contributed by atoms with Crippen LogP contribution >= 0.6 is 0 Å². The quantitative estimate of drug-likeness (QED) is 0.681. The van der Waals surface area contributed by atoms with Crippen molar-refractivity contribution < 1.29 is 5.11 Å². The summed E-state index contributed by atoms with van der Waals surface area (Å²) in [6.45, 7) is 0. The summed E-state index contributed by atoms with van der Waals surface area (Å²) in [7, 11) is 0. The summed E-state index contributed by atoms with van der Waals surface area (Å²) in [5.74, 6) is 0.306. The van der Waals surface area contributed by atoms with Crippen molar-refractivity contribution in [1.29, 1.82) is 0 Å². The summed E-state index contributed by atoms with van der Waals surface area (Å²) in [5.41, 5.74) is 1.96. The number of benzene rings is 2. The predicted molar refractivity (Wildman–Crippen MR) is 68.8 cm³/mol. The van der Waals surface area contributed by atoms with Crippen LogP contribution in [0.2, 0.25) is 0 Å². The Bertz CT molecular complexity index is 662. The number of aromatic hydroxyl groups is 1. The second-order valence-electron chi connectivity index (χ2n) is 3.89. The lowest BCUT2D eigenvalue weighted by Gasteiger charge is -2.06. The highest BCUT2D eigenvalue weighted by molar-refractivity contribution is 5.98. The van der Waals surface area contributed by atoms with Gasteiger partial charge in [-0.1, -0.05) is 36.4 Å². The molecule has 0 atom stereocenters. The zero-order chi connectivity index (χ0) is 11.7. The average molecular weight is 221 g/mol. The molecule has 1 heterocycles. The van der Waals surface area contributed by atoms with Gasteiger partial charge < -0.3 is 5.11 Å². The molecule has 0 saturated heterocycles. The first-order valence-electron chi connectivity index (χ1n) is 5.48. The van der Waals surface area contributed by atoms with Gasteiger partial charge in [-0.15, -0.1) is 0 Å². The Kier molecular flexibility index (Phi) is 2.26. The van der Waals surface area contributed by atoms with E-state index in [2.05, 4.69) is 4.98 Å². The van der Waals surface area contributed by atoms with Gasteiger partial charge in [0.25, 0.3) is 0 Å². The molecule has 0 saturated carbocycles. The summed E-state index contributed by atoms with van der Waals surface area (Å²) in [6, 6.07) is 17.2. The SMILES string of the molecule is Oc1cccc2c(-c3ccccn3)cccc12. The highest BCUT2D eigenvalue weighted by atomic mass is 16.3. The molecule has 82 valence electrons. The van der Waals surface area contributed by atoms with Gasteiger partial charge >= 0.3 is 0 Å². The minimum absolute atomic E-state index is 0.306. The van der Waals surface area contributed by atoms with Crippen molar-refractivity contribution >= 4 is 10.8 Å². The lowest BCUT2D eigenvalue weighted by atomic mass is 10.0. The van der Waals surface area contributed by atoms with E-state index in [1.807, 2.05) is 48.5 Å². The maximum absolute atomic E-state index is 9.82. The number of phenolic OH excluding ortho intramolecular Hbond substituents is 1. The number of aromatic nitrogens is 1. The number of rotatable bonds is 1. The molecule has 0 aliphatic carbocycles. The molecule has 0 unspecified atom stereocenters. The van der Waals surface area contributed by atoms with E-state index < -0.39 is 0 Å². The van der Waals surface area contributed by atoms with E-state index >= 15 is 0 Å². The molecular formula is C15H11NO. The molecule has 3 rings (SSSR count). The molecule has 0 bridgehead atoms. The van der Waals surface area contributed by atoms with E-state index in [0.29, 0.717) is 5.75 Å². The highest BCUT2D eigenvalue weighted by Gasteiger charge is 2.06. The lowest BCUT2D eigenvalue weighted by molar-refractivity contribution is 0.481. The van der Waals surface area contributed by atoms with E-state index in [0.717, 1.165) is 22.0 Å². The number of hydrogen-bond acceptors (Lipinski definition) is 2. The van der Waals surface area contributed by atoms with Gasteiger partial charge in [-0.2, -0.15) is 0 Å². The maximum atomic E-state index is 9.82. The van der Waals surface area contributed by atoms with E-state index in [9.17, 15) is 5.11 Å². The van der Waals surface area contributed by atoms with Crippen molar-refractivity contribution in [2.24, 2.45) is 0 Å². The summed E-state index contributed by atoms with van der Waals surface area (Å²) >= 11 is 0. The Balaban J connectivity index is 2.35. The van der Waals surface area contributed by atoms with Crippen LogP contribution in [-0.4, -0.2) is 10.1 Å². The molecule has 0 aliphatic heterocycles. The van der Waals surface area contributed by atoms with Crippen LogP contribution in [0.5, 0.6) is 5.75 Å². The topological polar surface area (TPSA) is 33.1 Å². The van der Waals surface area contributed by atoms with Crippen LogP contribution in [0.15, 0.2) is 60.8 Å². The fourth-order valence-electron chi connectivity index (χ4n) is 2.04. The molecule has 3 aromatic rings. The lowest BCUT2D eigenvalue weighted by Crippen LogP contribution is -1.84. The van der Waals surface area contributed by atoms with Crippen molar-refractivity contribution in [3.05, 3.63) is 60.8 Å². The monoisotopic (exact) mass is 221 g/mol. The molecule has 1 N–H and O–H groups in total. The van der Waals surface area contributed by atoms with Gasteiger partial charge in [-0.3, -0.25) is 4.98 Å². The standard InChI is InChI=1S/C15H11NO/c17-15-9-4-5-11-12(6-3-7-13(11)15)14-8-1-2-10-16-14/h1-10,17H. The average Bonchev–Trinajstić information content (AvgIpc) is 2.40. The first-order valence-corrected chi connectivity index (χ1v) is 5.48. The first-order chi connectivity index (χ1) is 8.36. The van der Waals surface area contributed by atoms with Crippen LogP contribution in [0, 0.1) is 0 Å². The Morgan fingerprint density at radius 1 is 0.765 bits per heavy atom. The molecule has 2 nitrogen and oxygen atoms in total. The summed E-state index contributed by atoms with van der Waals surface area (Å²) in [5, 5.41) is 11.7. The normalized spacial score (nSPS) is 10.6. The van der Waals surface area contributed by atoms with E-state index in [4.69, 9.17) is 0 Å². The molecule has 1 aromatic heterocycles. The summed E-state index contributed by atoms with van der Waals surface area (Å²) < 4.78 is 0. The van der Waals surface area contributed by atoms with Gasteiger partial charge in [0, 0.05) is 17.1 Å². The first kappa shape index (κ1) is 9.85. The number of fused-ring (bicyclic) bond motifs is 1. The zero-order valence-electron chi connectivity index (χ0n) is 9.17. The van der Waals surface area contributed by atoms with Crippen molar-refractivity contribution in [2.75, 3.05) is 0 Å². The molecule has 0 radical (unpaired) electrons. The van der Waals surface area contributed by atoms with E-state index in [1.165, 1.54) is 0 Å². The zero-order valence-corrected chi connectivity index (χ0v) is 9.17.